The lowest BCUT2D eigenvalue weighted by Gasteiger charge is -2.18. The van der Waals surface area contributed by atoms with Crippen LogP contribution in [0.2, 0.25) is 0 Å². The summed E-state index contributed by atoms with van der Waals surface area (Å²) in [7, 11) is 2.13. The number of aryl methyl sites for hydroxylation is 2. The summed E-state index contributed by atoms with van der Waals surface area (Å²) in [5.74, 6) is 1.71. The second kappa shape index (κ2) is 8.02. The fourth-order valence-electron chi connectivity index (χ4n) is 3.70. The summed E-state index contributed by atoms with van der Waals surface area (Å²) in [4.78, 5) is 2.28. The van der Waals surface area contributed by atoms with Crippen LogP contribution >= 0.6 is 12.2 Å². The molecule has 4 rings (SSSR count). The summed E-state index contributed by atoms with van der Waals surface area (Å²) in [6, 6.07) is 17.2. The van der Waals surface area contributed by atoms with Crippen molar-refractivity contribution in [2.75, 3.05) is 7.05 Å². The van der Waals surface area contributed by atoms with Gasteiger partial charge in [0.2, 0.25) is 0 Å². The van der Waals surface area contributed by atoms with Crippen LogP contribution in [0.25, 0.3) is 0 Å². The van der Waals surface area contributed by atoms with Crippen molar-refractivity contribution >= 4 is 12.2 Å². The standard InChI is InChI=1S/C23H28N4S/c1-17-9-10-21(18(2)13-17)15-25(3)16-27-23(28)26(22(24-27)20-11-12-20)14-19-7-5-4-6-8-19/h4-10,13,20H,11-12,14-16H2,1-3H3. The van der Waals surface area contributed by atoms with E-state index >= 15 is 0 Å². The first-order valence-corrected chi connectivity index (χ1v) is 10.4. The van der Waals surface area contributed by atoms with Gasteiger partial charge in [0.1, 0.15) is 5.82 Å². The van der Waals surface area contributed by atoms with Crippen LogP contribution in [0.1, 0.15) is 46.8 Å². The van der Waals surface area contributed by atoms with Crippen LogP contribution in [0.3, 0.4) is 0 Å². The molecule has 0 bridgehead atoms. The Morgan fingerprint density at radius 1 is 1.11 bits per heavy atom. The third kappa shape index (κ3) is 4.26. The summed E-state index contributed by atoms with van der Waals surface area (Å²) >= 11 is 5.82. The maximum Gasteiger partial charge on any atom is 0.199 e. The highest BCUT2D eigenvalue weighted by molar-refractivity contribution is 7.71. The summed E-state index contributed by atoms with van der Waals surface area (Å²) in [6.07, 6.45) is 2.44. The van der Waals surface area contributed by atoms with E-state index in [2.05, 4.69) is 78.9 Å². The average molecular weight is 393 g/mol. The van der Waals surface area contributed by atoms with E-state index in [4.69, 9.17) is 17.3 Å². The van der Waals surface area contributed by atoms with Gasteiger partial charge in [0.15, 0.2) is 4.77 Å². The Balaban J connectivity index is 1.54. The van der Waals surface area contributed by atoms with Crippen LogP contribution in [0, 0.1) is 18.6 Å². The van der Waals surface area contributed by atoms with Crippen LogP contribution in [-0.4, -0.2) is 26.3 Å². The topological polar surface area (TPSA) is 26.0 Å². The third-order valence-corrected chi connectivity index (χ3v) is 5.82. The summed E-state index contributed by atoms with van der Waals surface area (Å²) in [6.45, 7) is 6.71. The molecule has 1 aliphatic rings. The minimum atomic E-state index is 0.566. The molecule has 3 aromatic rings. The van der Waals surface area contributed by atoms with Gasteiger partial charge in [-0.25, -0.2) is 4.68 Å². The Morgan fingerprint density at radius 2 is 1.86 bits per heavy atom. The van der Waals surface area contributed by atoms with Gasteiger partial charge in [0.25, 0.3) is 0 Å². The van der Waals surface area contributed by atoms with E-state index in [1.807, 2.05) is 4.68 Å². The first kappa shape index (κ1) is 19.1. The van der Waals surface area contributed by atoms with Gasteiger partial charge in [0, 0.05) is 12.5 Å². The van der Waals surface area contributed by atoms with E-state index in [-0.39, 0.29) is 0 Å². The molecule has 4 nitrogen and oxygen atoms in total. The van der Waals surface area contributed by atoms with Crippen LogP contribution in [0.4, 0.5) is 0 Å². The minimum absolute atomic E-state index is 0.566. The van der Waals surface area contributed by atoms with Crippen molar-refractivity contribution in [2.45, 2.75) is 52.4 Å². The fourth-order valence-corrected chi connectivity index (χ4v) is 3.96. The molecular weight excluding hydrogens is 364 g/mol. The molecule has 0 spiro atoms. The predicted molar refractivity (Wildman–Crippen MR) is 116 cm³/mol. The molecule has 0 amide bonds. The second-order valence-corrected chi connectivity index (χ2v) is 8.44. The molecular formula is C23H28N4S. The zero-order valence-electron chi connectivity index (χ0n) is 16.9. The molecule has 0 aliphatic heterocycles. The van der Waals surface area contributed by atoms with Gasteiger partial charge in [0.05, 0.1) is 13.2 Å². The van der Waals surface area contributed by atoms with E-state index in [9.17, 15) is 0 Å². The molecule has 1 aromatic heterocycles. The molecule has 1 saturated carbocycles. The average Bonchev–Trinajstić information content (AvgIpc) is 3.47. The highest BCUT2D eigenvalue weighted by atomic mass is 32.1. The number of nitrogens with zero attached hydrogens (tertiary/aromatic N) is 4. The van der Waals surface area contributed by atoms with Gasteiger partial charge in [-0.2, -0.15) is 5.10 Å². The summed E-state index contributed by atoms with van der Waals surface area (Å²) in [5.41, 5.74) is 5.26. The van der Waals surface area contributed by atoms with Crippen molar-refractivity contribution in [2.24, 2.45) is 0 Å². The minimum Gasteiger partial charge on any atom is -0.299 e. The Labute approximate surface area is 172 Å². The molecule has 5 heteroatoms. The maximum atomic E-state index is 5.82. The number of benzene rings is 2. The Morgan fingerprint density at radius 3 is 2.54 bits per heavy atom. The van der Waals surface area contributed by atoms with Crippen LogP contribution < -0.4 is 0 Å². The summed E-state index contributed by atoms with van der Waals surface area (Å²) < 4.78 is 5.04. The number of hydrogen-bond acceptors (Lipinski definition) is 3. The van der Waals surface area contributed by atoms with Crippen molar-refractivity contribution in [3.8, 4) is 0 Å². The van der Waals surface area contributed by atoms with Gasteiger partial charge >= 0.3 is 0 Å². The summed E-state index contributed by atoms with van der Waals surface area (Å²) in [5, 5.41) is 4.92. The third-order valence-electron chi connectivity index (χ3n) is 5.39. The van der Waals surface area contributed by atoms with Crippen molar-refractivity contribution < 1.29 is 0 Å². The van der Waals surface area contributed by atoms with Gasteiger partial charge in [-0.1, -0.05) is 54.1 Å². The molecule has 146 valence electrons. The molecule has 0 N–H and O–H groups in total. The molecule has 28 heavy (non-hydrogen) atoms. The van der Waals surface area contributed by atoms with Gasteiger partial charge in [-0.3, -0.25) is 9.47 Å². The number of aromatic nitrogens is 3. The van der Waals surface area contributed by atoms with Crippen molar-refractivity contribution in [1.29, 1.82) is 0 Å². The normalized spacial score (nSPS) is 14.0. The molecule has 0 radical (unpaired) electrons. The predicted octanol–water partition coefficient (Wildman–Crippen LogP) is 5.05. The Bertz CT molecular complexity index is 1010. The number of rotatable bonds is 7. The molecule has 1 fully saturated rings. The molecule has 2 aromatic carbocycles. The molecule has 1 heterocycles. The Kier molecular flexibility index (Phi) is 5.47. The highest BCUT2D eigenvalue weighted by Crippen LogP contribution is 2.39. The van der Waals surface area contributed by atoms with E-state index in [1.165, 1.54) is 35.1 Å². The Hall–Kier alpha value is -2.24. The van der Waals surface area contributed by atoms with Crippen LogP contribution in [0.5, 0.6) is 0 Å². The van der Waals surface area contributed by atoms with E-state index in [0.29, 0.717) is 12.6 Å². The maximum absolute atomic E-state index is 5.82. The van der Waals surface area contributed by atoms with Gasteiger partial charge < -0.3 is 0 Å². The highest BCUT2D eigenvalue weighted by Gasteiger charge is 2.30. The SMILES string of the molecule is Cc1ccc(CN(C)Cn2nc(C3CC3)n(Cc3ccccc3)c2=S)c(C)c1. The molecule has 0 atom stereocenters. The molecule has 0 unspecified atom stereocenters. The van der Waals surface area contributed by atoms with Crippen molar-refractivity contribution in [3.63, 3.8) is 0 Å². The smallest absolute Gasteiger partial charge is 0.199 e. The van der Waals surface area contributed by atoms with E-state index < -0.39 is 0 Å². The monoisotopic (exact) mass is 392 g/mol. The molecule has 0 saturated heterocycles. The fraction of sp³-hybridized carbons (Fsp3) is 0.391. The largest absolute Gasteiger partial charge is 0.299 e. The zero-order chi connectivity index (χ0) is 19.7. The van der Waals surface area contributed by atoms with Crippen LogP contribution in [0.15, 0.2) is 48.5 Å². The lowest BCUT2D eigenvalue weighted by Crippen LogP contribution is -2.23. The van der Waals surface area contributed by atoms with Gasteiger partial charge in [-0.15, -0.1) is 0 Å². The lowest BCUT2D eigenvalue weighted by atomic mass is 10.1. The van der Waals surface area contributed by atoms with E-state index in [1.54, 1.807) is 0 Å². The first-order valence-electron chi connectivity index (χ1n) is 9.97. The second-order valence-electron chi connectivity index (χ2n) is 8.07. The molecule has 1 aliphatic carbocycles. The van der Waals surface area contributed by atoms with Crippen molar-refractivity contribution in [3.05, 3.63) is 81.4 Å². The van der Waals surface area contributed by atoms with Crippen LogP contribution in [-0.2, 0) is 19.8 Å². The lowest BCUT2D eigenvalue weighted by molar-refractivity contribution is 0.243. The van der Waals surface area contributed by atoms with Crippen molar-refractivity contribution in [1.82, 2.24) is 19.2 Å². The van der Waals surface area contributed by atoms with Gasteiger partial charge in [-0.05, 0) is 62.6 Å². The first-order chi connectivity index (χ1) is 13.5. The zero-order valence-corrected chi connectivity index (χ0v) is 17.7. The number of hydrogen-bond donors (Lipinski definition) is 0. The quantitative estimate of drug-likeness (QED) is 0.527. The van der Waals surface area contributed by atoms with E-state index in [0.717, 1.165) is 23.7 Å².